The van der Waals surface area contributed by atoms with Crippen LogP contribution in [-0.4, -0.2) is 101 Å². The fraction of sp³-hybridized carbons (Fsp3) is 0.237. The number of likely N-dealkylation sites (N-methyl/N-ethyl adjacent to an activating group) is 3. The van der Waals surface area contributed by atoms with Crippen molar-refractivity contribution < 1.29 is 0 Å². The van der Waals surface area contributed by atoms with Crippen LogP contribution in [0.2, 0.25) is 0 Å². The summed E-state index contributed by atoms with van der Waals surface area (Å²) in [6, 6.07) is 30.3. The van der Waals surface area contributed by atoms with Crippen molar-refractivity contribution in [1.82, 2.24) is 34.6 Å². The molecule has 74 heavy (non-hydrogen) atoms. The number of nitrogens with one attached hydrogen (secondary N) is 4. The lowest BCUT2D eigenvalue weighted by molar-refractivity contribution is 0.370. The van der Waals surface area contributed by atoms with Gasteiger partial charge >= 0.3 is 0 Å². The number of aromatic amines is 4. The molecule has 0 bridgehead atoms. The summed E-state index contributed by atoms with van der Waals surface area (Å²) in [6.07, 6.45) is 18.5. The molecule has 0 saturated carbocycles. The largest absolute Gasteiger partial charge is 0.383 e. The average Bonchev–Trinajstić information content (AvgIpc) is 4.30. The molecule has 12 nitrogen and oxygen atoms in total. The molecular formula is C59H64Cl2N12S. The Morgan fingerprint density at radius 2 is 1.07 bits per heavy atom. The molecule has 8 heterocycles. The topological polar surface area (TPSA) is 146 Å². The minimum absolute atomic E-state index is 0. The van der Waals surface area contributed by atoms with E-state index in [4.69, 9.17) is 24.6 Å². The molecule has 5 aromatic heterocycles. The standard InChI is InChI=1S/C20H22N4S.C15H15N3.C15H19N3.C9H6N2.2ClH/c1-24-8-6-15(7-9-24)17-13-22-18-5-4-14(11-16(17)18)12-23-20(21)19-3-2-10-25-19;1-16-12-3-4-15-13(9-12)14(10-17-15)11-5-7-18(2)8-6-11;1-18-6-4-12(5-7-18)14-10-17-15-3-2-11(9-16)8-13(14)15;1-10-8-2-3-9-7(6-8)4-5-11-9;;/h2-6,10-11,13,22H,7-9,12H2,1H3,(H2,21,23);3-5,9-10,17H,6-8H2,2H3;2-4,8,10,17H,5-7,9,16H2,1H3;2-6,11H;2*1H. The Morgan fingerprint density at radius 1 is 0.595 bits per heavy atom. The molecule has 0 unspecified atom stereocenters. The number of rotatable bonds is 7. The van der Waals surface area contributed by atoms with Gasteiger partial charge in [0.25, 0.3) is 0 Å². The van der Waals surface area contributed by atoms with Crippen LogP contribution in [0.3, 0.4) is 0 Å². The van der Waals surface area contributed by atoms with Crippen LogP contribution in [0.5, 0.6) is 0 Å². The molecule has 3 aliphatic heterocycles. The van der Waals surface area contributed by atoms with E-state index in [2.05, 4.69) is 144 Å². The van der Waals surface area contributed by atoms with Gasteiger partial charge in [0.05, 0.1) is 24.6 Å². The van der Waals surface area contributed by atoms with Crippen LogP contribution in [0.15, 0.2) is 144 Å². The third-order valence-electron chi connectivity index (χ3n) is 13.7. The minimum Gasteiger partial charge on any atom is -0.383 e. The van der Waals surface area contributed by atoms with Gasteiger partial charge in [-0.2, -0.15) is 0 Å². The van der Waals surface area contributed by atoms with Crippen LogP contribution in [0.1, 0.15) is 52.0 Å². The lowest BCUT2D eigenvalue weighted by Crippen LogP contribution is -2.23. The maximum Gasteiger partial charge on any atom is 0.188 e. The lowest BCUT2D eigenvalue weighted by atomic mass is 9.98. The second-order valence-corrected chi connectivity index (χ2v) is 19.6. The molecule has 4 aromatic carbocycles. The number of nitrogens with zero attached hydrogens (tertiary/aromatic N) is 6. The van der Waals surface area contributed by atoms with Gasteiger partial charge in [-0.05, 0) is 145 Å². The van der Waals surface area contributed by atoms with Crippen LogP contribution < -0.4 is 11.5 Å². The number of fused-ring (bicyclic) bond motifs is 4. The number of H-pyrrole nitrogens is 4. The summed E-state index contributed by atoms with van der Waals surface area (Å²) in [6.45, 7) is 21.5. The number of aromatic nitrogens is 4. The molecule has 0 radical (unpaired) electrons. The maximum absolute atomic E-state index is 7.11. The quantitative estimate of drug-likeness (QED) is 0.0535. The molecule has 8 N–H and O–H groups in total. The maximum atomic E-state index is 7.11. The molecule has 380 valence electrons. The first kappa shape index (κ1) is 54.6. The molecule has 0 atom stereocenters. The first-order valence-electron chi connectivity index (χ1n) is 24.5. The number of thiophene rings is 1. The van der Waals surface area contributed by atoms with Crippen molar-refractivity contribution in [2.75, 3.05) is 60.4 Å². The summed E-state index contributed by atoms with van der Waals surface area (Å²) in [4.78, 5) is 32.5. The zero-order valence-electron chi connectivity index (χ0n) is 42.1. The summed E-state index contributed by atoms with van der Waals surface area (Å²) >= 11 is 1.62. The van der Waals surface area contributed by atoms with E-state index in [1.54, 1.807) is 11.3 Å². The van der Waals surface area contributed by atoms with Crippen molar-refractivity contribution in [3.05, 3.63) is 195 Å². The fourth-order valence-corrected chi connectivity index (χ4v) is 10.0. The van der Waals surface area contributed by atoms with Gasteiger partial charge in [-0.25, -0.2) is 9.69 Å². The van der Waals surface area contributed by atoms with Gasteiger partial charge < -0.3 is 46.1 Å². The summed E-state index contributed by atoms with van der Waals surface area (Å²) < 4.78 is 0. The monoisotopic (exact) mass is 1040 g/mol. The van der Waals surface area contributed by atoms with E-state index in [1.807, 2.05) is 66.2 Å². The minimum atomic E-state index is 0. The van der Waals surface area contributed by atoms with E-state index in [9.17, 15) is 0 Å². The Bertz CT molecular complexity index is 3540. The van der Waals surface area contributed by atoms with E-state index in [0.29, 0.717) is 30.3 Å². The molecule has 0 fully saturated rings. The predicted molar refractivity (Wildman–Crippen MR) is 317 cm³/mol. The van der Waals surface area contributed by atoms with Crippen LogP contribution in [0.25, 0.3) is 70.0 Å². The Hall–Kier alpha value is -7.17. The Morgan fingerprint density at radius 3 is 1.54 bits per heavy atom. The van der Waals surface area contributed by atoms with E-state index in [1.165, 1.54) is 71.7 Å². The predicted octanol–water partition coefficient (Wildman–Crippen LogP) is 13.2. The van der Waals surface area contributed by atoms with Crippen molar-refractivity contribution in [2.24, 2.45) is 16.5 Å². The highest BCUT2D eigenvalue weighted by molar-refractivity contribution is 7.12. The van der Waals surface area contributed by atoms with E-state index >= 15 is 0 Å². The zero-order valence-corrected chi connectivity index (χ0v) is 44.6. The Labute approximate surface area is 450 Å². The third kappa shape index (κ3) is 13.1. The van der Waals surface area contributed by atoms with Gasteiger partial charge in [0.15, 0.2) is 11.4 Å². The molecule has 0 aliphatic carbocycles. The van der Waals surface area contributed by atoms with Crippen LogP contribution in [0, 0.1) is 13.1 Å². The fourth-order valence-electron chi connectivity index (χ4n) is 9.37. The lowest BCUT2D eigenvalue weighted by Gasteiger charge is -2.21. The van der Waals surface area contributed by atoms with E-state index in [-0.39, 0.29) is 24.8 Å². The number of nitrogens with two attached hydrogens (primary N) is 2. The molecule has 0 saturated heterocycles. The van der Waals surface area contributed by atoms with Gasteiger partial charge in [-0.15, -0.1) is 36.2 Å². The zero-order chi connectivity index (χ0) is 50.0. The number of amidine groups is 1. The van der Waals surface area contributed by atoms with Crippen molar-refractivity contribution in [2.45, 2.75) is 32.4 Å². The van der Waals surface area contributed by atoms with Gasteiger partial charge in [0.2, 0.25) is 0 Å². The average molecular weight is 1040 g/mol. The van der Waals surface area contributed by atoms with Crippen LogP contribution in [-0.2, 0) is 13.1 Å². The highest BCUT2D eigenvalue weighted by Gasteiger charge is 2.16. The molecule has 12 rings (SSSR count). The smallest absolute Gasteiger partial charge is 0.188 e. The highest BCUT2D eigenvalue weighted by Crippen LogP contribution is 2.33. The third-order valence-corrected chi connectivity index (χ3v) is 14.6. The van der Waals surface area contributed by atoms with E-state index < -0.39 is 0 Å². The van der Waals surface area contributed by atoms with Crippen LogP contribution in [0.4, 0.5) is 11.4 Å². The molecule has 0 amide bonds. The Balaban J connectivity index is 0.000000148. The second kappa shape index (κ2) is 25.7. The first-order valence-corrected chi connectivity index (χ1v) is 25.3. The number of hydrogen-bond acceptors (Lipinski definition) is 6. The SMILES string of the molecule is CN1CC=C(c2c[nH]c3ccc(CN)cc23)CC1.CN1CC=C(c2c[nH]c3ccc(CN=C(N)c4cccs4)cc23)CC1.Cl.Cl.[C-]#[N+]c1ccc2[nH]cc(C3=CCN(C)CC3)c2c1.[C-]#[N+]c1ccc2[nH]ccc2c1. The van der Waals surface area contributed by atoms with Crippen LogP contribution >= 0.6 is 36.2 Å². The van der Waals surface area contributed by atoms with Gasteiger partial charge in [0, 0.05) is 120 Å². The van der Waals surface area contributed by atoms with Crippen molar-refractivity contribution in [3.63, 3.8) is 0 Å². The normalized spacial score (nSPS) is 15.2. The van der Waals surface area contributed by atoms with E-state index in [0.717, 1.165) is 79.8 Å². The summed E-state index contributed by atoms with van der Waals surface area (Å²) in [5.74, 6) is 0.613. The number of hydrogen-bond donors (Lipinski definition) is 6. The summed E-state index contributed by atoms with van der Waals surface area (Å²) in [5, 5.41) is 6.86. The molecule has 9 aromatic rings. The van der Waals surface area contributed by atoms with Crippen molar-refractivity contribution in [1.29, 1.82) is 0 Å². The van der Waals surface area contributed by atoms with Gasteiger partial charge in [-0.1, -0.05) is 48.6 Å². The second-order valence-electron chi connectivity index (χ2n) is 18.7. The van der Waals surface area contributed by atoms with Gasteiger partial charge in [0.1, 0.15) is 5.84 Å². The van der Waals surface area contributed by atoms with Gasteiger partial charge in [-0.3, -0.25) is 4.99 Å². The molecule has 15 heteroatoms. The molecule has 3 aliphatic rings. The van der Waals surface area contributed by atoms with Crippen molar-refractivity contribution >= 4 is 114 Å². The Kier molecular flexibility index (Phi) is 18.9. The number of halogens is 2. The highest BCUT2D eigenvalue weighted by atomic mass is 35.5. The summed E-state index contributed by atoms with van der Waals surface area (Å²) in [7, 11) is 6.46. The number of benzene rings is 4. The number of aliphatic imine (C=N–C) groups is 1. The van der Waals surface area contributed by atoms with Crippen molar-refractivity contribution in [3.8, 4) is 0 Å². The molecular weight excluding hydrogens is 980 g/mol. The summed E-state index contributed by atoms with van der Waals surface area (Å²) in [5.41, 5.74) is 28.3. The molecule has 0 spiro atoms. The first-order chi connectivity index (χ1) is 35.2.